The number of anilines is 1. The van der Waals surface area contributed by atoms with Crippen LogP contribution in [0.3, 0.4) is 0 Å². The van der Waals surface area contributed by atoms with Crippen molar-refractivity contribution in [3.63, 3.8) is 0 Å². The van der Waals surface area contributed by atoms with Crippen LogP contribution >= 0.6 is 12.2 Å². The highest BCUT2D eigenvalue weighted by Gasteiger charge is 2.41. The van der Waals surface area contributed by atoms with Crippen molar-refractivity contribution in [2.24, 2.45) is 4.99 Å². The molecule has 0 bridgehead atoms. The van der Waals surface area contributed by atoms with Crippen LogP contribution in [0, 0.1) is 0 Å². The fourth-order valence-electron chi connectivity index (χ4n) is 4.19. The van der Waals surface area contributed by atoms with Crippen molar-refractivity contribution >= 4 is 40.4 Å². The lowest BCUT2D eigenvalue weighted by Crippen LogP contribution is -2.49. The number of nitrogens with zero attached hydrogens (tertiary/aromatic N) is 3. The molecule has 41 heavy (non-hydrogen) atoms. The van der Waals surface area contributed by atoms with E-state index in [9.17, 15) is 41.0 Å². The molecule has 2 amide bonds. The summed E-state index contributed by atoms with van der Waals surface area (Å²) in [4.78, 5) is 35.0. The molecule has 0 radical (unpaired) electrons. The second-order valence-electron chi connectivity index (χ2n) is 10.6. The van der Waals surface area contributed by atoms with Gasteiger partial charge < -0.3 is 20.6 Å². The zero-order valence-corrected chi connectivity index (χ0v) is 24.2. The Balaban J connectivity index is 2.57. The number of piperidine rings is 1. The van der Waals surface area contributed by atoms with E-state index in [2.05, 4.69) is 15.3 Å². The van der Waals surface area contributed by atoms with Crippen LogP contribution in [-0.4, -0.2) is 80.4 Å². The van der Waals surface area contributed by atoms with Crippen molar-refractivity contribution in [1.29, 1.82) is 0 Å². The zero-order valence-electron chi connectivity index (χ0n) is 23.4. The lowest BCUT2D eigenvalue weighted by atomic mass is 9.97. The smallest absolute Gasteiger partial charge is 0.389 e. The van der Waals surface area contributed by atoms with E-state index in [4.69, 9.17) is 12.2 Å². The van der Waals surface area contributed by atoms with Gasteiger partial charge in [-0.05, 0) is 59.4 Å². The van der Waals surface area contributed by atoms with Gasteiger partial charge in [-0.1, -0.05) is 19.1 Å². The van der Waals surface area contributed by atoms with Crippen molar-refractivity contribution in [1.82, 2.24) is 15.2 Å². The minimum Gasteiger partial charge on any atom is -0.389 e. The number of likely N-dealkylation sites (tertiary alicyclic amines) is 1. The van der Waals surface area contributed by atoms with Gasteiger partial charge in [-0.3, -0.25) is 14.6 Å². The number of aromatic nitrogens is 1. The summed E-state index contributed by atoms with van der Waals surface area (Å²) in [5.41, 5.74) is -3.65. The number of hydrogen-bond donors (Lipinski definition) is 3. The number of pyridine rings is 1. The first-order valence-electron chi connectivity index (χ1n) is 13.1. The van der Waals surface area contributed by atoms with Crippen molar-refractivity contribution in [2.45, 2.75) is 96.4 Å². The Morgan fingerprint density at radius 1 is 1.22 bits per heavy atom. The summed E-state index contributed by atoms with van der Waals surface area (Å²) >= 11 is 5.36. The first-order chi connectivity index (χ1) is 18.8. The monoisotopic (exact) mass is 611 g/mol. The maximum Gasteiger partial charge on any atom is 0.417 e. The molecule has 2 rings (SSSR count). The van der Waals surface area contributed by atoms with E-state index >= 15 is 0 Å². The standard InChI is InChI=1S/C26H35F6N5O3S/c1-6-18(26(30,31)32)36-19-11-17(25(27,28)29)16(12-33-19)21(41)20(23(39)37-10-8-7-9-14(37)2)35-15(3)22(38)34-13-24(4,5)40/h11-12,14,18,20,40H,6-10,13H2,1-5H3,(H,33,36)(H,34,38)/b35-15+/t14-,18-,20?/m0/s1. The van der Waals surface area contributed by atoms with Gasteiger partial charge in [-0.15, -0.1) is 0 Å². The van der Waals surface area contributed by atoms with Crippen molar-refractivity contribution < 1.29 is 41.0 Å². The third-order valence-corrected chi connectivity index (χ3v) is 6.94. The van der Waals surface area contributed by atoms with Gasteiger partial charge in [-0.2, -0.15) is 26.3 Å². The highest BCUT2D eigenvalue weighted by molar-refractivity contribution is 7.81. The summed E-state index contributed by atoms with van der Waals surface area (Å²) in [6.07, 6.45) is -7.46. The predicted molar refractivity (Wildman–Crippen MR) is 146 cm³/mol. The topological polar surface area (TPSA) is 107 Å². The lowest BCUT2D eigenvalue weighted by Gasteiger charge is -2.35. The maximum absolute atomic E-state index is 14.2. The number of aliphatic hydroxyl groups is 1. The van der Waals surface area contributed by atoms with E-state index in [0.29, 0.717) is 31.6 Å². The van der Waals surface area contributed by atoms with E-state index in [0.717, 1.165) is 6.42 Å². The molecule has 15 heteroatoms. The van der Waals surface area contributed by atoms with E-state index in [-0.39, 0.29) is 18.3 Å². The molecule has 2 heterocycles. The molecule has 1 saturated heterocycles. The third-order valence-electron chi connectivity index (χ3n) is 6.50. The Morgan fingerprint density at radius 3 is 2.37 bits per heavy atom. The number of amides is 2. The van der Waals surface area contributed by atoms with Gasteiger partial charge in [0.25, 0.3) is 11.8 Å². The number of halogens is 6. The number of carbonyl (C=O) groups excluding carboxylic acids is 2. The van der Waals surface area contributed by atoms with Crippen molar-refractivity contribution in [2.75, 3.05) is 18.4 Å². The Hall–Kier alpha value is -2.81. The van der Waals surface area contributed by atoms with Crippen LogP contribution in [0.15, 0.2) is 17.3 Å². The fourth-order valence-corrected chi connectivity index (χ4v) is 4.51. The number of aliphatic imine (C=N–C) groups is 1. The van der Waals surface area contributed by atoms with E-state index in [1.165, 1.54) is 32.6 Å². The minimum atomic E-state index is -5.08. The lowest BCUT2D eigenvalue weighted by molar-refractivity contribution is -0.143. The highest BCUT2D eigenvalue weighted by Crippen LogP contribution is 2.35. The first kappa shape index (κ1) is 34.4. The molecule has 1 aliphatic heterocycles. The molecule has 0 aromatic carbocycles. The normalized spacial score (nSPS) is 18.5. The predicted octanol–water partition coefficient (Wildman–Crippen LogP) is 4.69. The van der Waals surface area contributed by atoms with Gasteiger partial charge in [0.05, 0.1) is 21.7 Å². The number of hydrogen-bond acceptors (Lipinski definition) is 7. The molecule has 0 aliphatic carbocycles. The van der Waals surface area contributed by atoms with Crippen molar-refractivity contribution in [3.8, 4) is 0 Å². The summed E-state index contributed by atoms with van der Waals surface area (Å²) < 4.78 is 82.2. The van der Waals surface area contributed by atoms with E-state index < -0.39 is 70.1 Å². The third kappa shape index (κ3) is 9.62. The maximum atomic E-state index is 14.2. The molecule has 1 aromatic heterocycles. The second-order valence-corrected chi connectivity index (χ2v) is 11.1. The molecule has 0 saturated carbocycles. The van der Waals surface area contributed by atoms with Crippen molar-refractivity contribution in [3.05, 3.63) is 23.4 Å². The summed E-state index contributed by atoms with van der Waals surface area (Å²) in [6, 6.07) is -3.72. The summed E-state index contributed by atoms with van der Waals surface area (Å²) in [5.74, 6) is -2.16. The number of nitrogens with one attached hydrogen (secondary N) is 2. The first-order valence-corrected chi connectivity index (χ1v) is 13.5. The molecule has 1 aliphatic rings. The number of thiocarbonyl (C=S) groups is 1. The Kier molecular flexibility index (Phi) is 11.3. The Labute approximate surface area is 240 Å². The second kappa shape index (κ2) is 13.4. The molecule has 0 spiro atoms. The van der Waals surface area contributed by atoms with Gasteiger partial charge >= 0.3 is 12.4 Å². The highest BCUT2D eigenvalue weighted by atomic mass is 32.1. The van der Waals surface area contributed by atoms with Crippen LogP contribution < -0.4 is 10.6 Å². The molecule has 1 fully saturated rings. The van der Waals surface area contributed by atoms with Gasteiger partial charge in [-0.25, -0.2) is 4.98 Å². The average molecular weight is 612 g/mol. The summed E-state index contributed by atoms with van der Waals surface area (Å²) in [7, 11) is 0. The van der Waals surface area contributed by atoms with Gasteiger partial charge in [0.1, 0.15) is 11.9 Å². The fraction of sp³-hybridized carbons (Fsp3) is 0.654. The Bertz CT molecular complexity index is 1150. The Morgan fingerprint density at radius 2 is 1.85 bits per heavy atom. The molecule has 8 nitrogen and oxygen atoms in total. The molecule has 1 aromatic rings. The van der Waals surface area contributed by atoms with Gasteiger partial charge in [0.2, 0.25) is 0 Å². The number of rotatable bonds is 10. The van der Waals surface area contributed by atoms with Crippen LogP contribution in [0.4, 0.5) is 32.2 Å². The molecule has 1 unspecified atom stereocenters. The molecular weight excluding hydrogens is 576 g/mol. The number of alkyl halides is 6. The van der Waals surface area contributed by atoms with Crippen LogP contribution in [-0.2, 0) is 15.8 Å². The van der Waals surface area contributed by atoms with Gasteiger partial charge in [0.15, 0.2) is 6.04 Å². The molecule has 3 atom stereocenters. The quantitative estimate of drug-likeness (QED) is 0.154. The SMILES string of the molecule is CC[C@H](Nc1cc(C(F)(F)F)c(C(=S)C(/N=C(\C)C(=O)NCC(C)(C)O)C(=O)N2CCCC[C@@H]2C)cn1)C(F)(F)F. The molecular formula is C26H35F6N5O3S. The minimum absolute atomic E-state index is 0.168. The summed E-state index contributed by atoms with van der Waals surface area (Å²) in [5, 5.41) is 14.3. The van der Waals surface area contributed by atoms with Crippen LogP contribution in [0.5, 0.6) is 0 Å². The molecule has 230 valence electrons. The van der Waals surface area contributed by atoms with Crippen LogP contribution in [0.1, 0.15) is 71.4 Å². The van der Waals surface area contributed by atoms with Gasteiger partial charge in [0, 0.05) is 30.9 Å². The van der Waals surface area contributed by atoms with E-state index in [1.807, 2.05) is 5.32 Å². The summed E-state index contributed by atoms with van der Waals surface area (Å²) in [6.45, 7) is 7.27. The van der Waals surface area contributed by atoms with Crippen LogP contribution in [0.2, 0.25) is 0 Å². The number of carbonyl (C=O) groups is 2. The van der Waals surface area contributed by atoms with Crippen LogP contribution in [0.25, 0.3) is 0 Å². The van der Waals surface area contributed by atoms with E-state index in [1.54, 1.807) is 6.92 Å². The molecule has 3 N–H and O–H groups in total. The average Bonchev–Trinajstić information content (AvgIpc) is 2.86. The zero-order chi connectivity index (χ0) is 31.3. The largest absolute Gasteiger partial charge is 0.417 e.